The van der Waals surface area contributed by atoms with Crippen LogP contribution in [-0.4, -0.2) is 36.0 Å². The van der Waals surface area contributed by atoms with Crippen LogP contribution >= 0.6 is 0 Å². The van der Waals surface area contributed by atoms with E-state index in [1.165, 1.54) is 0 Å². The van der Waals surface area contributed by atoms with Crippen LogP contribution in [0.5, 0.6) is 0 Å². The first-order valence-electron chi connectivity index (χ1n) is 6.41. The maximum Gasteiger partial charge on any atom is 0.410 e. The zero-order valence-corrected chi connectivity index (χ0v) is 11.0. The lowest BCUT2D eigenvalue weighted by Crippen LogP contribution is -2.42. The van der Waals surface area contributed by atoms with Crippen LogP contribution in [0.2, 0.25) is 0 Å². The molecule has 5 nitrogen and oxygen atoms in total. The highest BCUT2D eigenvalue weighted by atomic mass is 16.6. The second-order valence-corrected chi connectivity index (χ2v) is 4.64. The minimum atomic E-state index is -0.368. The molecule has 102 valence electrons. The number of amides is 2. The summed E-state index contributed by atoms with van der Waals surface area (Å²) in [5.74, 6) is -0.0230. The van der Waals surface area contributed by atoms with Crippen LogP contribution in [0.3, 0.4) is 0 Å². The average Bonchev–Trinajstić information content (AvgIpc) is 2.60. The molecule has 1 aromatic rings. The van der Waals surface area contributed by atoms with Gasteiger partial charge in [-0.3, -0.25) is 4.79 Å². The van der Waals surface area contributed by atoms with Crippen LogP contribution in [0.25, 0.3) is 0 Å². The Morgan fingerprint density at radius 3 is 2.89 bits per heavy atom. The second-order valence-electron chi connectivity index (χ2n) is 4.64. The number of hydrogen-bond donors (Lipinski definition) is 1. The Balaban J connectivity index is 1.90. The third kappa shape index (κ3) is 3.71. The highest BCUT2D eigenvalue weighted by Gasteiger charge is 2.25. The molecule has 19 heavy (non-hydrogen) atoms. The summed E-state index contributed by atoms with van der Waals surface area (Å²) in [4.78, 5) is 24.9. The second kappa shape index (κ2) is 6.22. The topological polar surface area (TPSA) is 58.6 Å². The molecule has 0 radical (unpaired) electrons. The van der Waals surface area contributed by atoms with Crippen molar-refractivity contribution in [2.45, 2.75) is 26.0 Å². The molecule has 2 amide bonds. The van der Waals surface area contributed by atoms with Crippen LogP contribution in [0.4, 0.5) is 4.79 Å². The van der Waals surface area contributed by atoms with E-state index in [4.69, 9.17) is 4.74 Å². The minimum absolute atomic E-state index is 0.0230. The predicted molar refractivity (Wildman–Crippen MR) is 70.4 cm³/mol. The molecular weight excluding hydrogens is 244 g/mol. The summed E-state index contributed by atoms with van der Waals surface area (Å²) >= 11 is 0. The van der Waals surface area contributed by atoms with Gasteiger partial charge in [0.25, 0.3) is 0 Å². The van der Waals surface area contributed by atoms with E-state index in [-0.39, 0.29) is 24.6 Å². The van der Waals surface area contributed by atoms with E-state index in [0.717, 1.165) is 5.56 Å². The minimum Gasteiger partial charge on any atom is -0.445 e. The molecule has 2 rings (SSSR count). The molecule has 1 aliphatic heterocycles. The number of nitrogens with zero attached hydrogens (tertiary/aromatic N) is 1. The van der Waals surface area contributed by atoms with Crippen LogP contribution in [-0.2, 0) is 16.1 Å². The summed E-state index contributed by atoms with van der Waals surface area (Å²) in [7, 11) is 0. The summed E-state index contributed by atoms with van der Waals surface area (Å²) in [5.41, 5.74) is 0.951. The number of hydrogen-bond acceptors (Lipinski definition) is 3. The zero-order valence-electron chi connectivity index (χ0n) is 11.0. The number of rotatable bonds is 2. The van der Waals surface area contributed by atoms with Crippen molar-refractivity contribution in [3.63, 3.8) is 0 Å². The fourth-order valence-corrected chi connectivity index (χ4v) is 1.98. The van der Waals surface area contributed by atoms with Crippen molar-refractivity contribution < 1.29 is 14.3 Å². The monoisotopic (exact) mass is 262 g/mol. The Bertz CT molecular complexity index is 447. The highest BCUT2D eigenvalue weighted by molar-refractivity contribution is 5.78. The van der Waals surface area contributed by atoms with E-state index in [1.807, 2.05) is 37.3 Å². The van der Waals surface area contributed by atoms with Gasteiger partial charge >= 0.3 is 6.09 Å². The summed E-state index contributed by atoms with van der Waals surface area (Å²) in [6, 6.07) is 9.49. The Kier molecular flexibility index (Phi) is 4.39. The van der Waals surface area contributed by atoms with Gasteiger partial charge < -0.3 is 15.0 Å². The van der Waals surface area contributed by atoms with E-state index in [0.29, 0.717) is 19.5 Å². The van der Waals surface area contributed by atoms with E-state index < -0.39 is 0 Å². The quantitative estimate of drug-likeness (QED) is 0.879. The molecule has 0 aliphatic carbocycles. The molecule has 1 atom stereocenters. The molecule has 1 heterocycles. The van der Waals surface area contributed by atoms with Gasteiger partial charge in [-0.1, -0.05) is 30.3 Å². The summed E-state index contributed by atoms with van der Waals surface area (Å²) in [5, 5.41) is 2.76. The Morgan fingerprint density at radius 2 is 2.16 bits per heavy atom. The molecule has 1 unspecified atom stereocenters. The van der Waals surface area contributed by atoms with E-state index >= 15 is 0 Å². The van der Waals surface area contributed by atoms with Crippen molar-refractivity contribution in [3.8, 4) is 0 Å². The van der Waals surface area contributed by atoms with Crippen LogP contribution in [0, 0.1) is 0 Å². The molecule has 0 bridgehead atoms. The van der Waals surface area contributed by atoms with Gasteiger partial charge in [-0.15, -0.1) is 0 Å². The largest absolute Gasteiger partial charge is 0.445 e. The first-order chi connectivity index (χ1) is 9.16. The lowest BCUT2D eigenvalue weighted by atomic mass is 10.2. The van der Waals surface area contributed by atoms with Crippen molar-refractivity contribution >= 4 is 12.0 Å². The van der Waals surface area contributed by atoms with Gasteiger partial charge in [-0.05, 0) is 12.5 Å². The molecule has 0 spiro atoms. The van der Waals surface area contributed by atoms with Gasteiger partial charge in [0.2, 0.25) is 5.91 Å². The molecular formula is C14H18N2O3. The maximum absolute atomic E-state index is 12.0. The van der Waals surface area contributed by atoms with Crippen molar-refractivity contribution in [1.82, 2.24) is 10.2 Å². The average molecular weight is 262 g/mol. The predicted octanol–water partition coefficient (Wildman–Crippen LogP) is 1.53. The number of nitrogens with one attached hydrogen (secondary N) is 1. The molecule has 1 aromatic carbocycles. The summed E-state index contributed by atoms with van der Waals surface area (Å²) in [6.07, 6.45) is -0.0435. The Morgan fingerprint density at radius 1 is 1.42 bits per heavy atom. The summed E-state index contributed by atoms with van der Waals surface area (Å²) < 4.78 is 5.28. The first-order valence-corrected chi connectivity index (χ1v) is 6.41. The number of ether oxygens (including phenoxy) is 1. The Labute approximate surface area is 112 Å². The van der Waals surface area contributed by atoms with E-state index in [2.05, 4.69) is 5.32 Å². The van der Waals surface area contributed by atoms with E-state index in [9.17, 15) is 9.59 Å². The third-order valence-corrected chi connectivity index (χ3v) is 3.15. The fourth-order valence-electron chi connectivity index (χ4n) is 1.98. The van der Waals surface area contributed by atoms with Crippen LogP contribution in [0.1, 0.15) is 18.9 Å². The van der Waals surface area contributed by atoms with Gasteiger partial charge in [-0.25, -0.2) is 4.79 Å². The number of benzene rings is 1. The van der Waals surface area contributed by atoms with Gasteiger partial charge in [0.05, 0.1) is 0 Å². The maximum atomic E-state index is 12.0. The van der Waals surface area contributed by atoms with Gasteiger partial charge in [0, 0.05) is 25.6 Å². The lowest BCUT2D eigenvalue weighted by Gasteiger charge is -2.25. The highest BCUT2D eigenvalue weighted by Crippen LogP contribution is 2.09. The van der Waals surface area contributed by atoms with Gasteiger partial charge in [0.1, 0.15) is 6.61 Å². The fraction of sp³-hybridized carbons (Fsp3) is 0.429. The number of carbonyl (C=O) groups excluding carboxylic acids is 2. The smallest absolute Gasteiger partial charge is 0.410 e. The normalized spacial score (nSPS) is 19.5. The molecule has 1 N–H and O–H groups in total. The SMILES string of the molecule is CC1CNC(=O)CCN1C(=O)OCc1ccccc1. The molecule has 0 aromatic heterocycles. The summed E-state index contributed by atoms with van der Waals surface area (Å²) in [6.45, 7) is 3.03. The van der Waals surface area contributed by atoms with Gasteiger partial charge in [-0.2, -0.15) is 0 Å². The van der Waals surface area contributed by atoms with Crippen molar-refractivity contribution in [1.29, 1.82) is 0 Å². The zero-order chi connectivity index (χ0) is 13.7. The van der Waals surface area contributed by atoms with Crippen molar-refractivity contribution in [2.24, 2.45) is 0 Å². The first kappa shape index (κ1) is 13.4. The van der Waals surface area contributed by atoms with Crippen LogP contribution < -0.4 is 5.32 Å². The molecule has 1 aliphatic rings. The molecule has 1 saturated heterocycles. The van der Waals surface area contributed by atoms with Gasteiger partial charge in [0.15, 0.2) is 0 Å². The molecule has 5 heteroatoms. The van der Waals surface area contributed by atoms with Crippen LogP contribution in [0.15, 0.2) is 30.3 Å². The van der Waals surface area contributed by atoms with E-state index in [1.54, 1.807) is 4.90 Å². The van der Waals surface area contributed by atoms with Crippen molar-refractivity contribution in [2.75, 3.05) is 13.1 Å². The number of carbonyl (C=O) groups is 2. The molecule has 0 saturated carbocycles. The van der Waals surface area contributed by atoms with Crippen molar-refractivity contribution in [3.05, 3.63) is 35.9 Å². The molecule has 1 fully saturated rings. The third-order valence-electron chi connectivity index (χ3n) is 3.15. The standard InChI is InChI=1S/C14H18N2O3/c1-11-9-15-13(17)7-8-16(11)14(18)19-10-12-5-3-2-4-6-12/h2-6,11H,7-10H2,1H3,(H,15,17). The Hall–Kier alpha value is -2.04. The lowest BCUT2D eigenvalue weighted by molar-refractivity contribution is -0.120.